The van der Waals surface area contributed by atoms with Crippen molar-refractivity contribution in [2.24, 2.45) is 0 Å². The van der Waals surface area contributed by atoms with E-state index in [4.69, 9.17) is 0 Å². The molecule has 2 N–H and O–H groups in total. The molecule has 0 unspecified atom stereocenters. The van der Waals surface area contributed by atoms with Crippen molar-refractivity contribution in [2.45, 2.75) is 26.4 Å². The Hall–Kier alpha value is -2.43. The third-order valence-corrected chi connectivity index (χ3v) is 2.64. The molecule has 0 fully saturated rings. The fourth-order valence-electron chi connectivity index (χ4n) is 1.70. The Kier molecular flexibility index (Phi) is 4.65. The summed E-state index contributed by atoms with van der Waals surface area (Å²) in [5.41, 5.74) is 1.52. The summed E-state index contributed by atoms with van der Waals surface area (Å²) in [6.45, 7) is 4.48. The van der Waals surface area contributed by atoms with Gasteiger partial charge in [0.25, 0.3) is 5.91 Å². The van der Waals surface area contributed by atoms with E-state index in [0.29, 0.717) is 18.1 Å². The first-order chi connectivity index (χ1) is 9.65. The molecule has 2 rings (SSSR count). The van der Waals surface area contributed by atoms with Crippen molar-refractivity contribution in [3.8, 4) is 0 Å². The lowest BCUT2D eigenvalue weighted by molar-refractivity contribution is 0.0938. The fourth-order valence-corrected chi connectivity index (χ4v) is 1.70. The minimum atomic E-state index is -0.190. The normalized spacial score (nSPS) is 10.3. The molecule has 1 aromatic carbocycles. The van der Waals surface area contributed by atoms with Crippen molar-refractivity contribution >= 4 is 11.7 Å². The minimum absolute atomic E-state index is 0.0817. The molecule has 104 valence electrons. The van der Waals surface area contributed by atoms with E-state index in [1.165, 1.54) is 6.33 Å². The van der Waals surface area contributed by atoms with Crippen LogP contribution in [0.5, 0.6) is 0 Å². The number of benzene rings is 1. The van der Waals surface area contributed by atoms with Gasteiger partial charge in [0.2, 0.25) is 0 Å². The first kappa shape index (κ1) is 14.0. The summed E-state index contributed by atoms with van der Waals surface area (Å²) < 4.78 is 0. The third kappa shape index (κ3) is 4.05. The lowest BCUT2D eigenvalue weighted by atomic mass is 10.2. The number of aromatic nitrogens is 2. The largest absolute Gasteiger partial charge is 0.366 e. The van der Waals surface area contributed by atoms with Crippen LogP contribution in [0.15, 0.2) is 42.7 Å². The zero-order chi connectivity index (χ0) is 14.4. The van der Waals surface area contributed by atoms with Crippen LogP contribution in [0.2, 0.25) is 0 Å². The molecule has 5 nitrogen and oxygen atoms in total. The average molecular weight is 270 g/mol. The zero-order valence-electron chi connectivity index (χ0n) is 11.6. The lowest BCUT2D eigenvalue weighted by Crippen LogP contribution is -2.30. The summed E-state index contributed by atoms with van der Waals surface area (Å²) in [4.78, 5) is 20.0. The molecule has 1 heterocycles. The monoisotopic (exact) mass is 270 g/mol. The molecule has 0 radical (unpaired) electrons. The van der Waals surface area contributed by atoms with E-state index in [1.807, 2.05) is 44.2 Å². The van der Waals surface area contributed by atoms with Gasteiger partial charge in [0.05, 0.1) is 0 Å². The Morgan fingerprint density at radius 2 is 1.95 bits per heavy atom. The van der Waals surface area contributed by atoms with Crippen LogP contribution in [0, 0.1) is 0 Å². The van der Waals surface area contributed by atoms with E-state index in [9.17, 15) is 4.79 Å². The van der Waals surface area contributed by atoms with Gasteiger partial charge in [0.1, 0.15) is 17.8 Å². The van der Waals surface area contributed by atoms with Gasteiger partial charge in [0.15, 0.2) is 0 Å². The highest BCUT2D eigenvalue weighted by Gasteiger charge is 2.09. The fraction of sp³-hybridized carbons (Fsp3) is 0.267. The molecule has 0 saturated heterocycles. The second-order valence-corrected chi connectivity index (χ2v) is 4.76. The molecule has 1 amide bonds. The number of nitrogens with zero attached hydrogens (tertiary/aromatic N) is 2. The van der Waals surface area contributed by atoms with E-state index >= 15 is 0 Å². The predicted molar refractivity (Wildman–Crippen MR) is 78.4 cm³/mol. The summed E-state index contributed by atoms with van der Waals surface area (Å²) in [7, 11) is 0. The second-order valence-electron chi connectivity index (χ2n) is 4.76. The highest BCUT2D eigenvalue weighted by molar-refractivity contribution is 5.92. The van der Waals surface area contributed by atoms with Crippen LogP contribution in [0.3, 0.4) is 0 Å². The van der Waals surface area contributed by atoms with E-state index in [0.717, 1.165) is 5.56 Å². The number of amides is 1. The number of hydrogen-bond acceptors (Lipinski definition) is 4. The lowest BCUT2D eigenvalue weighted by Gasteiger charge is -2.09. The van der Waals surface area contributed by atoms with E-state index in [2.05, 4.69) is 20.6 Å². The van der Waals surface area contributed by atoms with E-state index in [1.54, 1.807) is 6.07 Å². The van der Waals surface area contributed by atoms with Crippen molar-refractivity contribution < 1.29 is 4.79 Å². The molecule has 0 bridgehead atoms. The summed E-state index contributed by atoms with van der Waals surface area (Å²) >= 11 is 0. The van der Waals surface area contributed by atoms with Gasteiger partial charge in [0, 0.05) is 18.7 Å². The van der Waals surface area contributed by atoms with Crippen LogP contribution < -0.4 is 10.6 Å². The van der Waals surface area contributed by atoms with Gasteiger partial charge in [-0.05, 0) is 19.4 Å². The first-order valence-corrected chi connectivity index (χ1v) is 6.56. The van der Waals surface area contributed by atoms with Crippen molar-refractivity contribution in [3.63, 3.8) is 0 Å². The molecule has 0 spiro atoms. The third-order valence-electron chi connectivity index (χ3n) is 2.64. The van der Waals surface area contributed by atoms with Gasteiger partial charge in [-0.25, -0.2) is 9.97 Å². The molecule has 0 aliphatic rings. The van der Waals surface area contributed by atoms with Crippen molar-refractivity contribution in [3.05, 3.63) is 54.0 Å². The van der Waals surface area contributed by atoms with Crippen LogP contribution in [0.1, 0.15) is 29.9 Å². The van der Waals surface area contributed by atoms with Gasteiger partial charge < -0.3 is 10.6 Å². The standard InChI is InChI=1S/C15H18N4O/c1-11(2)19-15(20)13-8-14(18-10-17-13)16-9-12-6-4-3-5-7-12/h3-8,10-11H,9H2,1-2H3,(H,19,20)(H,16,17,18). The first-order valence-electron chi connectivity index (χ1n) is 6.56. The van der Waals surface area contributed by atoms with Crippen molar-refractivity contribution in [1.82, 2.24) is 15.3 Å². The van der Waals surface area contributed by atoms with E-state index < -0.39 is 0 Å². The average Bonchev–Trinajstić information content (AvgIpc) is 2.46. The highest BCUT2D eigenvalue weighted by Crippen LogP contribution is 2.07. The topological polar surface area (TPSA) is 66.9 Å². The molecule has 2 aromatic rings. The molecule has 1 aromatic heterocycles. The van der Waals surface area contributed by atoms with Gasteiger partial charge in [-0.1, -0.05) is 30.3 Å². The van der Waals surface area contributed by atoms with Crippen LogP contribution in [0.25, 0.3) is 0 Å². The maximum atomic E-state index is 11.9. The quantitative estimate of drug-likeness (QED) is 0.874. The Morgan fingerprint density at radius 3 is 2.65 bits per heavy atom. The van der Waals surface area contributed by atoms with Crippen LogP contribution in [0.4, 0.5) is 5.82 Å². The molecule has 0 aliphatic heterocycles. The smallest absolute Gasteiger partial charge is 0.270 e. The van der Waals surface area contributed by atoms with Gasteiger partial charge in [-0.15, -0.1) is 0 Å². The summed E-state index contributed by atoms with van der Waals surface area (Å²) in [6, 6.07) is 11.7. The number of carbonyl (C=O) groups is 1. The molecule has 5 heteroatoms. The SMILES string of the molecule is CC(C)NC(=O)c1cc(NCc2ccccc2)ncn1. The number of nitrogens with one attached hydrogen (secondary N) is 2. The molecule has 0 aliphatic carbocycles. The summed E-state index contributed by atoms with van der Waals surface area (Å²) in [5.74, 6) is 0.447. The maximum absolute atomic E-state index is 11.9. The summed E-state index contributed by atoms with van der Waals surface area (Å²) in [5, 5.41) is 5.98. The van der Waals surface area contributed by atoms with E-state index in [-0.39, 0.29) is 11.9 Å². The van der Waals surface area contributed by atoms with Gasteiger partial charge in [-0.3, -0.25) is 4.79 Å². The van der Waals surface area contributed by atoms with Crippen LogP contribution in [-0.2, 0) is 6.54 Å². The van der Waals surface area contributed by atoms with Crippen LogP contribution >= 0.6 is 0 Å². The molecular formula is C15H18N4O. The predicted octanol–water partition coefficient (Wildman–Crippen LogP) is 2.23. The zero-order valence-corrected chi connectivity index (χ0v) is 11.6. The Bertz CT molecular complexity index is 569. The van der Waals surface area contributed by atoms with Crippen LogP contribution in [-0.4, -0.2) is 21.9 Å². The molecular weight excluding hydrogens is 252 g/mol. The van der Waals surface area contributed by atoms with Crippen molar-refractivity contribution in [1.29, 1.82) is 0 Å². The summed E-state index contributed by atoms with van der Waals surface area (Å²) in [6.07, 6.45) is 1.39. The molecule has 0 atom stereocenters. The van der Waals surface area contributed by atoms with Crippen molar-refractivity contribution in [2.75, 3.05) is 5.32 Å². The Balaban J connectivity index is 2.01. The number of rotatable bonds is 5. The second kappa shape index (κ2) is 6.65. The highest BCUT2D eigenvalue weighted by atomic mass is 16.1. The minimum Gasteiger partial charge on any atom is -0.366 e. The Labute approximate surface area is 118 Å². The van der Waals surface area contributed by atoms with Gasteiger partial charge in [-0.2, -0.15) is 0 Å². The number of carbonyl (C=O) groups excluding carboxylic acids is 1. The number of hydrogen-bond donors (Lipinski definition) is 2. The molecule has 20 heavy (non-hydrogen) atoms. The molecule has 0 saturated carbocycles. The van der Waals surface area contributed by atoms with Gasteiger partial charge >= 0.3 is 0 Å². The number of anilines is 1. The maximum Gasteiger partial charge on any atom is 0.270 e. The Morgan fingerprint density at radius 1 is 1.20 bits per heavy atom.